The van der Waals surface area contributed by atoms with Crippen LogP contribution in [0.5, 0.6) is 0 Å². The largest absolute Gasteiger partial charge is 0.288 e. The number of carbonyl (C=O) groups excluding carboxylic acids is 1. The zero-order valence-electron chi connectivity index (χ0n) is 9.21. The normalized spacial score (nSPS) is 10.3. The number of hydrogen-bond donors (Lipinski definition) is 0. The van der Waals surface area contributed by atoms with E-state index in [1.807, 2.05) is 0 Å². The summed E-state index contributed by atoms with van der Waals surface area (Å²) in [5, 5.41) is 0. The van der Waals surface area contributed by atoms with E-state index in [1.54, 1.807) is 19.1 Å². The van der Waals surface area contributed by atoms with Crippen molar-refractivity contribution < 1.29 is 13.6 Å². The van der Waals surface area contributed by atoms with E-state index < -0.39 is 17.4 Å². The standard InChI is InChI=1S/C14H10F2O/c1-9-6-7-11(13(16)8-9)14(17)10-4-2-3-5-12(10)15/h2-8H,1H3. The number of aryl methyl sites for hydroxylation is 1. The third-order valence-corrected chi connectivity index (χ3v) is 2.49. The first kappa shape index (κ1) is 11.5. The summed E-state index contributed by atoms with van der Waals surface area (Å²) in [5.74, 6) is -1.91. The van der Waals surface area contributed by atoms with Crippen LogP contribution in [-0.2, 0) is 0 Å². The first-order chi connectivity index (χ1) is 8.09. The SMILES string of the molecule is Cc1ccc(C(=O)c2ccccc2F)c(F)c1. The van der Waals surface area contributed by atoms with E-state index in [1.165, 1.54) is 30.3 Å². The molecule has 2 aromatic rings. The van der Waals surface area contributed by atoms with Crippen LogP contribution in [-0.4, -0.2) is 5.78 Å². The van der Waals surface area contributed by atoms with Crippen LogP contribution in [0.25, 0.3) is 0 Å². The van der Waals surface area contributed by atoms with Crippen LogP contribution in [0.1, 0.15) is 21.5 Å². The Balaban J connectivity index is 2.48. The van der Waals surface area contributed by atoms with Crippen molar-refractivity contribution in [2.24, 2.45) is 0 Å². The van der Waals surface area contributed by atoms with E-state index in [4.69, 9.17) is 0 Å². The van der Waals surface area contributed by atoms with Gasteiger partial charge in [0.05, 0.1) is 11.1 Å². The Morgan fingerprint density at radius 1 is 0.941 bits per heavy atom. The fraction of sp³-hybridized carbons (Fsp3) is 0.0714. The molecule has 86 valence electrons. The van der Waals surface area contributed by atoms with Crippen molar-refractivity contribution in [3.8, 4) is 0 Å². The van der Waals surface area contributed by atoms with Gasteiger partial charge in [-0.05, 0) is 36.8 Å². The molecule has 0 saturated carbocycles. The smallest absolute Gasteiger partial charge is 0.198 e. The average molecular weight is 232 g/mol. The molecule has 2 rings (SSSR count). The van der Waals surface area contributed by atoms with E-state index >= 15 is 0 Å². The Hall–Kier alpha value is -2.03. The molecule has 0 aliphatic carbocycles. The molecule has 0 amide bonds. The van der Waals surface area contributed by atoms with Gasteiger partial charge in [0.15, 0.2) is 5.78 Å². The highest BCUT2D eigenvalue weighted by atomic mass is 19.1. The number of carbonyl (C=O) groups is 1. The minimum atomic E-state index is -0.641. The monoisotopic (exact) mass is 232 g/mol. The molecule has 0 heterocycles. The number of rotatable bonds is 2. The molecule has 2 aromatic carbocycles. The summed E-state index contributed by atoms with van der Waals surface area (Å²) in [4.78, 5) is 11.9. The Kier molecular flexibility index (Phi) is 3.00. The van der Waals surface area contributed by atoms with Gasteiger partial charge in [0.1, 0.15) is 11.6 Å². The van der Waals surface area contributed by atoms with Crippen LogP contribution in [0.4, 0.5) is 8.78 Å². The van der Waals surface area contributed by atoms with Gasteiger partial charge in [-0.2, -0.15) is 0 Å². The fourth-order valence-corrected chi connectivity index (χ4v) is 1.59. The number of ketones is 1. The van der Waals surface area contributed by atoms with Crippen molar-refractivity contribution in [1.29, 1.82) is 0 Å². The number of hydrogen-bond acceptors (Lipinski definition) is 1. The second kappa shape index (κ2) is 4.45. The maximum Gasteiger partial charge on any atom is 0.198 e. The summed E-state index contributed by atoms with van der Waals surface area (Å²) >= 11 is 0. The van der Waals surface area contributed by atoms with Crippen molar-refractivity contribution in [3.05, 3.63) is 70.8 Å². The van der Waals surface area contributed by atoms with Crippen LogP contribution in [0.2, 0.25) is 0 Å². The molecule has 1 nitrogen and oxygen atoms in total. The Bertz CT molecular complexity index is 576. The summed E-state index contributed by atoms with van der Waals surface area (Å²) in [5.41, 5.74) is 0.489. The molecule has 0 aromatic heterocycles. The van der Waals surface area contributed by atoms with Gasteiger partial charge in [0.25, 0.3) is 0 Å². The lowest BCUT2D eigenvalue weighted by atomic mass is 10.0. The van der Waals surface area contributed by atoms with Crippen LogP contribution in [0, 0.1) is 18.6 Å². The molecule has 0 atom stereocenters. The molecule has 0 aliphatic rings. The van der Waals surface area contributed by atoms with Gasteiger partial charge < -0.3 is 0 Å². The van der Waals surface area contributed by atoms with Gasteiger partial charge in [-0.25, -0.2) is 8.78 Å². The number of benzene rings is 2. The first-order valence-electron chi connectivity index (χ1n) is 5.15. The van der Waals surface area contributed by atoms with Gasteiger partial charge in [-0.3, -0.25) is 4.79 Å². The van der Waals surface area contributed by atoms with Gasteiger partial charge in [0, 0.05) is 0 Å². The molecule has 0 saturated heterocycles. The van der Waals surface area contributed by atoms with E-state index in [9.17, 15) is 13.6 Å². The van der Waals surface area contributed by atoms with E-state index in [-0.39, 0.29) is 11.1 Å². The highest BCUT2D eigenvalue weighted by Gasteiger charge is 2.16. The van der Waals surface area contributed by atoms with Crippen molar-refractivity contribution in [2.75, 3.05) is 0 Å². The number of halogens is 2. The van der Waals surface area contributed by atoms with E-state index in [0.717, 1.165) is 0 Å². The predicted octanol–water partition coefficient (Wildman–Crippen LogP) is 3.50. The molecule has 0 unspecified atom stereocenters. The maximum atomic E-state index is 13.6. The van der Waals surface area contributed by atoms with Crippen molar-refractivity contribution in [2.45, 2.75) is 6.92 Å². The average Bonchev–Trinajstić information content (AvgIpc) is 2.29. The highest BCUT2D eigenvalue weighted by molar-refractivity contribution is 6.09. The lowest BCUT2D eigenvalue weighted by Crippen LogP contribution is -2.06. The van der Waals surface area contributed by atoms with Crippen molar-refractivity contribution in [1.82, 2.24) is 0 Å². The van der Waals surface area contributed by atoms with Crippen LogP contribution >= 0.6 is 0 Å². The summed E-state index contributed by atoms with van der Waals surface area (Å²) in [6, 6.07) is 9.81. The topological polar surface area (TPSA) is 17.1 Å². The molecule has 3 heteroatoms. The zero-order valence-corrected chi connectivity index (χ0v) is 9.21. The second-order valence-electron chi connectivity index (χ2n) is 3.79. The van der Waals surface area contributed by atoms with Crippen LogP contribution < -0.4 is 0 Å². The lowest BCUT2D eigenvalue weighted by Gasteiger charge is -2.04. The zero-order chi connectivity index (χ0) is 12.4. The fourth-order valence-electron chi connectivity index (χ4n) is 1.59. The first-order valence-corrected chi connectivity index (χ1v) is 5.15. The van der Waals surface area contributed by atoms with Gasteiger partial charge in [-0.15, -0.1) is 0 Å². The Labute approximate surface area is 97.7 Å². The third kappa shape index (κ3) is 2.23. The van der Waals surface area contributed by atoms with Gasteiger partial charge >= 0.3 is 0 Å². The molecule has 17 heavy (non-hydrogen) atoms. The molecule has 0 aliphatic heterocycles. The minimum absolute atomic E-state index is 0.110. The maximum absolute atomic E-state index is 13.6. The quantitative estimate of drug-likeness (QED) is 0.724. The van der Waals surface area contributed by atoms with E-state index in [0.29, 0.717) is 5.56 Å². The Morgan fingerprint density at radius 2 is 1.59 bits per heavy atom. The molecule has 0 fully saturated rings. The summed E-state index contributed by atoms with van der Waals surface area (Å²) < 4.78 is 27.0. The van der Waals surface area contributed by atoms with E-state index in [2.05, 4.69) is 0 Å². The molecular weight excluding hydrogens is 222 g/mol. The highest BCUT2D eigenvalue weighted by Crippen LogP contribution is 2.17. The molecule has 0 radical (unpaired) electrons. The predicted molar refractivity (Wildman–Crippen MR) is 61.0 cm³/mol. The second-order valence-corrected chi connectivity index (χ2v) is 3.79. The lowest BCUT2D eigenvalue weighted by molar-refractivity contribution is 0.103. The van der Waals surface area contributed by atoms with Crippen LogP contribution in [0.3, 0.4) is 0 Å². The summed E-state index contributed by atoms with van der Waals surface area (Å²) in [7, 11) is 0. The molecule has 0 bridgehead atoms. The minimum Gasteiger partial charge on any atom is -0.288 e. The molecular formula is C14H10F2O. The molecule has 0 spiro atoms. The van der Waals surface area contributed by atoms with Crippen molar-refractivity contribution >= 4 is 5.78 Å². The third-order valence-electron chi connectivity index (χ3n) is 2.49. The van der Waals surface area contributed by atoms with Gasteiger partial charge in [-0.1, -0.05) is 18.2 Å². The summed E-state index contributed by atoms with van der Waals surface area (Å²) in [6.45, 7) is 1.72. The van der Waals surface area contributed by atoms with Gasteiger partial charge in [0.2, 0.25) is 0 Å². The summed E-state index contributed by atoms with van der Waals surface area (Å²) in [6.07, 6.45) is 0. The van der Waals surface area contributed by atoms with Crippen molar-refractivity contribution in [3.63, 3.8) is 0 Å². The Morgan fingerprint density at radius 3 is 2.24 bits per heavy atom. The molecule has 0 N–H and O–H groups in total. The van der Waals surface area contributed by atoms with Crippen LogP contribution in [0.15, 0.2) is 42.5 Å².